The second-order valence-corrected chi connectivity index (χ2v) is 8.77. The van der Waals surface area contributed by atoms with Crippen molar-refractivity contribution in [1.29, 1.82) is 5.26 Å². The molecule has 0 bridgehead atoms. The molecule has 1 unspecified atom stereocenters. The second-order valence-electron chi connectivity index (χ2n) is 8.77. The van der Waals surface area contributed by atoms with Crippen LogP contribution in [0.1, 0.15) is 30.2 Å². The number of rotatable bonds is 4. The molecule has 0 saturated heterocycles. The van der Waals surface area contributed by atoms with Crippen LogP contribution in [0.25, 0.3) is 0 Å². The molecule has 33 heavy (non-hydrogen) atoms. The summed E-state index contributed by atoms with van der Waals surface area (Å²) in [5.74, 6) is 0.0688. The summed E-state index contributed by atoms with van der Waals surface area (Å²) in [6.45, 7) is 4.81. The van der Waals surface area contributed by atoms with E-state index in [2.05, 4.69) is 16.8 Å². The minimum absolute atomic E-state index is 0.00799. The monoisotopic (exact) mass is 445 g/mol. The smallest absolute Gasteiger partial charge is 0.229 e. The number of fused-ring (bicyclic) bond motifs is 2. The number of nitriles is 1. The molecular weight excluding hydrogens is 421 g/mol. The average Bonchev–Trinajstić information content (AvgIpc) is 3.29. The number of hydrogen-bond acceptors (Lipinski definition) is 7. The Labute approximate surface area is 191 Å². The van der Waals surface area contributed by atoms with Gasteiger partial charge in [0.25, 0.3) is 0 Å². The van der Waals surface area contributed by atoms with Crippen LogP contribution in [-0.2, 0) is 22.5 Å². The highest BCUT2D eigenvalue weighted by Gasteiger charge is 2.34. The summed E-state index contributed by atoms with van der Waals surface area (Å²) in [6.07, 6.45) is 4.75. The number of carbonyl (C=O) groups is 1. The van der Waals surface area contributed by atoms with Crippen molar-refractivity contribution in [2.24, 2.45) is 5.92 Å². The molecule has 0 spiro atoms. The van der Waals surface area contributed by atoms with Crippen molar-refractivity contribution >= 4 is 17.4 Å². The Balaban J connectivity index is 1.31. The maximum absolute atomic E-state index is 14.0. The fourth-order valence-electron chi connectivity index (χ4n) is 4.76. The van der Waals surface area contributed by atoms with E-state index in [1.54, 1.807) is 24.3 Å². The van der Waals surface area contributed by atoms with Gasteiger partial charge < -0.3 is 9.64 Å². The van der Waals surface area contributed by atoms with Crippen molar-refractivity contribution in [3.63, 3.8) is 0 Å². The zero-order chi connectivity index (χ0) is 23.1. The second kappa shape index (κ2) is 8.41. The van der Waals surface area contributed by atoms with Crippen LogP contribution in [-0.4, -0.2) is 47.4 Å². The van der Waals surface area contributed by atoms with Gasteiger partial charge in [0.2, 0.25) is 5.95 Å². The molecule has 7 nitrogen and oxygen atoms in total. The van der Waals surface area contributed by atoms with Gasteiger partial charge in [0.05, 0.1) is 23.4 Å². The van der Waals surface area contributed by atoms with Crippen LogP contribution < -0.4 is 4.90 Å². The third kappa shape index (κ3) is 3.89. The molecule has 2 aromatic rings. The lowest BCUT2D eigenvalue weighted by Crippen LogP contribution is -2.39. The van der Waals surface area contributed by atoms with Crippen molar-refractivity contribution in [1.82, 2.24) is 14.9 Å². The highest BCUT2D eigenvalue weighted by atomic mass is 19.1. The van der Waals surface area contributed by atoms with Gasteiger partial charge >= 0.3 is 0 Å². The van der Waals surface area contributed by atoms with Gasteiger partial charge in [0, 0.05) is 62.5 Å². The number of halogens is 1. The molecule has 0 saturated carbocycles. The minimum atomic E-state index is -0.565. The number of anilines is 2. The Kier molecular flexibility index (Phi) is 5.43. The molecule has 0 amide bonds. The number of Topliss-reactive ketones (excluding diaryl/α,β-unsaturated/α-hetero) is 1. The van der Waals surface area contributed by atoms with Gasteiger partial charge in [-0.1, -0.05) is 5.57 Å². The summed E-state index contributed by atoms with van der Waals surface area (Å²) < 4.78 is 19.5. The quantitative estimate of drug-likeness (QED) is 0.713. The Bertz CT molecular complexity index is 1250. The summed E-state index contributed by atoms with van der Waals surface area (Å²) in [5, 5.41) is 8.93. The number of carbonyl (C=O) groups excluding carboxylic acids is 1. The third-order valence-corrected chi connectivity index (χ3v) is 6.79. The molecule has 5 rings (SSSR count). The van der Waals surface area contributed by atoms with Gasteiger partial charge in [0.1, 0.15) is 24.3 Å². The lowest BCUT2D eigenvalue weighted by atomic mass is 9.80. The predicted octanol–water partition coefficient (Wildman–Crippen LogP) is 3.43. The van der Waals surface area contributed by atoms with Gasteiger partial charge in [-0.15, -0.1) is 0 Å². The molecule has 0 radical (unpaired) electrons. The molecule has 2 aliphatic heterocycles. The van der Waals surface area contributed by atoms with Gasteiger partial charge in [-0.3, -0.25) is 9.69 Å². The number of benzene rings is 1. The molecule has 168 valence electrons. The maximum atomic E-state index is 14.0. The van der Waals surface area contributed by atoms with Crippen LogP contribution in [0.4, 0.5) is 16.0 Å². The van der Waals surface area contributed by atoms with E-state index in [-0.39, 0.29) is 17.3 Å². The molecule has 3 heterocycles. The summed E-state index contributed by atoms with van der Waals surface area (Å²) in [4.78, 5) is 26.0. The van der Waals surface area contributed by atoms with Gasteiger partial charge in [-0.2, -0.15) is 5.26 Å². The Morgan fingerprint density at radius 2 is 2.24 bits per heavy atom. The van der Waals surface area contributed by atoms with E-state index >= 15 is 0 Å². The Morgan fingerprint density at radius 3 is 3.03 bits per heavy atom. The summed E-state index contributed by atoms with van der Waals surface area (Å²) in [7, 11) is 1.78. The number of ketones is 1. The number of aromatic nitrogens is 2. The maximum Gasteiger partial charge on any atom is 0.229 e. The van der Waals surface area contributed by atoms with Crippen LogP contribution >= 0.6 is 0 Å². The Hall–Kier alpha value is -3.57. The largest absolute Gasteiger partial charge is 0.496 e. The van der Waals surface area contributed by atoms with Gasteiger partial charge in [0.15, 0.2) is 0 Å². The van der Waals surface area contributed by atoms with E-state index in [9.17, 15) is 9.18 Å². The molecule has 0 N–H and O–H groups in total. The topological polar surface area (TPSA) is 82.4 Å². The van der Waals surface area contributed by atoms with Crippen molar-refractivity contribution in [2.75, 3.05) is 31.6 Å². The van der Waals surface area contributed by atoms with Crippen molar-refractivity contribution in [2.45, 2.75) is 26.3 Å². The highest BCUT2D eigenvalue weighted by molar-refractivity contribution is 5.89. The third-order valence-electron chi connectivity index (χ3n) is 6.79. The zero-order valence-electron chi connectivity index (χ0n) is 18.6. The highest BCUT2D eigenvalue weighted by Crippen LogP contribution is 2.36. The van der Waals surface area contributed by atoms with E-state index in [4.69, 9.17) is 15.0 Å². The fraction of sp³-hybridized carbons (Fsp3) is 0.360. The van der Waals surface area contributed by atoms with Crippen LogP contribution in [0.2, 0.25) is 0 Å². The minimum Gasteiger partial charge on any atom is -0.496 e. The van der Waals surface area contributed by atoms with E-state index in [1.807, 2.05) is 12.3 Å². The molecular formula is C25H24FN5O2. The van der Waals surface area contributed by atoms with E-state index < -0.39 is 5.82 Å². The summed E-state index contributed by atoms with van der Waals surface area (Å²) in [6, 6.07) is 6.28. The molecule has 1 aromatic heterocycles. The lowest BCUT2D eigenvalue weighted by Gasteiger charge is -2.33. The normalized spacial score (nSPS) is 20.0. The van der Waals surface area contributed by atoms with Crippen LogP contribution in [0, 0.1) is 23.1 Å². The Morgan fingerprint density at radius 1 is 1.39 bits per heavy atom. The first-order valence-corrected chi connectivity index (χ1v) is 11.0. The lowest BCUT2D eigenvalue weighted by molar-refractivity contribution is -0.122. The van der Waals surface area contributed by atoms with Crippen molar-refractivity contribution < 1.29 is 13.9 Å². The van der Waals surface area contributed by atoms with Crippen molar-refractivity contribution in [3.8, 4) is 6.07 Å². The molecule has 3 aliphatic rings. The van der Waals surface area contributed by atoms with Crippen LogP contribution in [0.15, 0.2) is 47.4 Å². The fourth-order valence-corrected chi connectivity index (χ4v) is 4.76. The van der Waals surface area contributed by atoms with E-state index in [0.29, 0.717) is 37.8 Å². The SMILES string of the molecule is CC1=C2COC=C2CC(=O)C1CN1CCc2nc(N(C)c3ccc(C#N)c(F)c3)ncc2C1. The van der Waals surface area contributed by atoms with Gasteiger partial charge in [-0.05, 0) is 30.7 Å². The number of ether oxygens (including phenoxy) is 1. The zero-order valence-corrected chi connectivity index (χ0v) is 18.6. The van der Waals surface area contributed by atoms with Crippen LogP contribution in [0.5, 0.6) is 0 Å². The molecule has 8 heteroatoms. The first-order valence-electron chi connectivity index (χ1n) is 11.0. The summed E-state index contributed by atoms with van der Waals surface area (Å²) >= 11 is 0. The molecule has 1 aliphatic carbocycles. The van der Waals surface area contributed by atoms with Crippen molar-refractivity contribution in [3.05, 3.63) is 70.0 Å². The van der Waals surface area contributed by atoms with Crippen LogP contribution in [0.3, 0.4) is 0 Å². The first kappa shape index (κ1) is 21.3. The number of hydrogen-bond donors (Lipinski definition) is 0. The molecule has 1 aromatic carbocycles. The molecule has 1 atom stereocenters. The van der Waals surface area contributed by atoms with Gasteiger partial charge in [-0.25, -0.2) is 14.4 Å². The summed E-state index contributed by atoms with van der Waals surface area (Å²) in [5.41, 5.74) is 5.95. The predicted molar refractivity (Wildman–Crippen MR) is 120 cm³/mol. The van der Waals surface area contributed by atoms with E-state index in [0.717, 1.165) is 35.4 Å². The standard InChI is InChI=1S/C25H24FN5O2/c1-15-20(24(32)7-17-13-33-14-21(15)17)12-31-6-5-23-18(11-31)10-28-25(29-23)30(2)19-4-3-16(9-27)22(26)8-19/h3-4,8,10,13,20H,5-7,11-12,14H2,1-2H3. The average molecular weight is 445 g/mol. The van der Waals surface area contributed by atoms with E-state index in [1.165, 1.54) is 17.7 Å². The first-order chi connectivity index (χ1) is 15.9. The number of nitrogens with zero attached hydrogens (tertiary/aromatic N) is 5. The molecule has 0 fully saturated rings.